The van der Waals surface area contributed by atoms with E-state index in [9.17, 15) is 0 Å². The van der Waals surface area contributed by atoms with Crippen LogP contribution in [0.4, 0.5) is 0 Å². The van der Waals surface area contributed by atoms with Crippen molar-refractivity contribution in [2.24, 2.45) is 0 Å². The fourth-order valence-electron chi connectivity index (χ4n) is 1.21. The Bertz CT molecular complexity index is 294. The zero-order valence-corrected chi connectivity index (χ0v) is 9.29. The van der Waals surface area contributed by atoms with Crippen LogP contribution in [0.1, 0.15) is 30.9 Å². The standard InChI is InChI=1S/C11H18N2O/c1-8(2)12-7-5-6-11-9(3)13-14-10(11)4/h5-6,8,12H,7H2,1-4H3. The van der Waals surface area contributed by atoms with Gasteiger partial charge in [0.15, 0.2) is 0 Å². The third-order valence-electron chi connectivity index (χ3n) is 2.02. The van der Waals surface area contributed by atoms with Crippen LogP contribution >= 0.6 is 0 Å². The predicted octanol–water partition coefficient (Wildman–Crippen LogP) is 2.30. The van der Waals surface area contributed by atoms with E-state index in [-0.39, 0.29) is 0 Å². The predicted molar refractivity (Wildman–Crippen MR) is 58.1 cm³/mol. The Morgan fingerprint density at radius 1 is 1.43 bits per heavy atom. The van der Waals surface area contributed by atoms with Gasteiger partial charge in [-0.3, -0.25) is 0 Å². The SMILES string of the molecule is Cc1noc(C)c1C=CCNC(C)C. The monoisotopic (exact) mass is 194 g/mol. The second-order valence-electron chi connectivity index (χ2n) is 3.70. The minimum atomic E-state index is 0.518. The summed E-state index contributed by atoms with van der Waals surface area (Å²) in [5.41, 5.74) is 2.04. The van der Waals surface area contributed by atoms with Gasteiger partial charge in [-0.25, -0.2) is 0 Å². The van der Waals surface area contributed by atoms with Gasteiger partial charge in [0.2, 0.25) is 0 Å². The van der Waals surface area contributed by atoms with Crippen LogP contribution in [-0.2, 0) is 0 Å². The molecule has 3 nitrogen and oxygen atoms in total. The highest BCUT2D eigenvalue weighted by molar-refractivity contribution is 5.53. The quantitative estimate of drug-likeness (QED) is 0.799. The molecule has 0 bridgehead atoms. The van der Waals surface area contributed by atoms with Gasteiger partial charge in [0, 0.05) is 18.2 Å². The van der Waals surface area contributed by atoms with Crippen molar-refractivity contribution in [3.8, 4) is 0 Å². The first-order chi connectivity index (χ1) is 6.61. The number of aryl methyl sites for hydroxylation is 2. The Labute approximate surface area is 85.2 Å². The molecule has 1 N–H and O–H groups in total. The lowest BCUT2D eigenvalue weighted by Gasteiger charge is -2.03. The molecular formula is C11H18N2O. The zero-order valence-electron chi connectivity index (χ0n) is 9.29. The molecule has 0 atom stereocenters. The Kier molecular flexibility index (Phi) is 3.89. The summed E-state index contributed by atoms with van der Waals surface area (Å²) in [6.07, 6.45) is 4.14. The van der Waals surface area contributed by atoms with Crippen molar-refractivity contribution >= 4 is 6.08 Å². The first-order valence-electron chi connectivity index (χ1n) is 4.94. The minimum Gasteiger partial charge on any atom is -0.361 e. The van der Waals surface area contributed by atoms with Crippen molar-refractivity contribution in [3.05, 3.63) is 23.1 Å². The summed E-state index contributed by atoms with van der Waals surface area (Å²) in [5.74, 6) is 0.878. The number of hydrogen-bond donors (Lipinski definition) is 1. The number of hydrogen-bond acceptors (Lipinski definition) is 3. The molecule has 0 aliphatic carbocycles. The van der Waals surface area contributed by atoms with E-state index in [4.69, 9.17) is 4.52 Å². The van der Waals surface area contributed by atoms with Gasteiger partial charge < -0.3 is 9.84 Å². The van der Waals surface area contributed by atoms with E-state index in [1.807, 2.05) is 13.8 Å². The van der Waals surface area contributed by atoms with E-state index in [0.717, 1.165) is 23.6 Å². The number of rotatable bonds is 4. The third kappa shape index (κ3) is 3.00. The molecule has 1 aromatic rings. The van der Waals surface area contributed by atoms with Crippen LogP contribution in [-0.4, -0.2) is 17.7 Å². The highest BCUT2D eigenvalue weighted by Gasteiger charge is 2.03. The Morgan fingerprint density at radius 3 is 2.64 bits per heavy atom. The summed E-state index contributed by atoms with van der Waals surface area (Å²) in [6.45, 7) is 9.01. The van der Waals surface area contributed by atoms with Gasteiger partial charge in [0.1, 0.15) is 5.76 Å². The van der Waals surface area contributed by atoms with Crippen LogP contribution in [0, 0.1) is 13.8 Å². The molecule has 78 valence electrons. The number of nitrogens with one attached hydrogen (secondary N) is 1. The molecule has 1 rings (SSSR count). The van der Waals surface area contributed by atoms with E-state index in [0.29, 0.717) is 6.04 Å². The van der Waals surface area contributed by atoms with Crippen molar-refractivity contribution in [3.63, 3.8) is 0 Å². The van der Waals surface area contributed by atoms with Crippen LogP contribution in [0.2, 0.25) is 0 Å². The summed E-state index contributed by atoms with van der Waals surface area (Å²) in [7, 11) is 0. The van der Waals surface area contributed by atoms with E-state index >= 15 is 0 Å². The maximum atomic E-state index is 5.05. The van der Waals surface area contributed by atoms with E-state index < -0.39 is 0 Å². The molecule has 14 heavy (non-hydrogen) atoms. The van der Waals surface area contributed by atoms with Crippen LogP contribution in [0.3, 0.4) is 0 Å². The van der Waals surface area contributed by atoms with Crippen LogP contribution in [0.15, 0.2) is 10.6 Å². The van der Waals surface area contributed by atoms with Gasteiger partial charge in [-0.05, 0) is 13.8 Å². The summed E-state index contributed by atoms with van der Waals surface area (Å²) >= 11 is 0. The topological polar surface area (TPSA) is 38.1 Å². The Morgan fingerprint density at radius 2 is 2.14 bits per heavy atom. The fraction of sp³-hybridized carbons (Fsp3) is 0.545. The minimum absolute atomic E-state index is 0.518. The van der Waals surface area contributed by atoms with E-state index in [2.05, 4.69) is 36.5 Å². The Balaban J connectivity index is 2.51. The van der Waals surface area contributed by atoms with E-state index in [1.54, 1.807) is 0 Å². The summed E-state index contributed by atoms with van der Waals surface area (Å²) < 4.78 is 5.05. The van der Waals surface area contributed by atoms with Crippen molar-refractivity contribution in [1.82, 2.24) is 10.5 Å². The molecular weight excluding hydrogens is 176 g/mol. The van der Waals surface area contributed by atoms with Crippen molar-refractivity contribution in [2.45, 2.75) is 33.7 Å². The smallest absolute Gasteiger partial charge is 0.141 e. The average molecular weight is 194 g/mol. The van der Waals surface area contributed by atoms with Gasteiger partial charge in [-0.15, -0.1) is 0 Å². The maximum absolute atomic E-state index is 5.05. The molecule has 0 radical (unpaired) electrons. The van der Waals surface area contributed by atoms with Crippen LogP contribution in [0.25, 0.3) is 6.08 Å². The molecule has 1 heterocycles. The lowest BCUT2D eigenvalue weighted by molar-refractivity contribution is 0.393. The number of aromatic nitrogens is 1. The summed E-state index contributed by atoms with van der Waals surface area (Å²) in [5, 5.41) is 7.19. The van der Waals surface area contributed by atoms with Crippen molar-refractivity contribution in [1.29, 1.82) is 0 Å². The fourth-order valence-corrected chi connectivity index (χ4v) is 1.21. The summed E-state index contributed by atoms with van der Waals surface area (Å²) in [4.78, 5) is 0. The van der Waals surface area contributed by atoms with Crippen LogP contribution in [0.5, 0.6) is 0 Å². The highest BCUT2D eigenvalue weighted by atomic mass is 16.5. The first kappa shape index (κ1) is 11.0. The van der Waals surface area contributed by atoms with Gasteiger partial charge in [-0.1, -0.05) is 31.2 Å². The second kappa shape index (κ2) is 4.96. The van der Waals surface area contributed by atoms with Crippen LogP contribution < -0.4 is 5.32 Å². The molecule has 0 fully saturated rings. The summed E-state index contributed by atoms with van der Waals surface area (Å²) in [6, 6.07) is 0.518. The lowest BCUT2D eigenvalue weighted by atomic mass is 10.2. The lowest BCUT2D eigenvalue weighted by Crippen LogP contribution is -2.22. The highest BCUT2D eigenvalue weighted by Crippen LogP contribution is 2.13. The van der Waals surface area contributed by atoms with Gasteiger partial charge in [0.05, 0.1) is 5.69 Å². The second-order valence-corrected chi connectivity index (χ2v) is 3.70. The van der Waals surface area contributed by atoms with Gasteiger partial charge >= 0.3 is 0 Å². The Hall–Kier alpha value is -1.09. The molecule has 3 heteroatoms. The normalized spacial score (nSPS) is 11.8. The van der Waals surface area contributed by atoms with Crippen molar-refractivity contribution < 1.29 is 4.52 Å². The molecule has 0 aliphatic rings. The largest absolute Gasteiger partial charge is 0.361 e. The van der Waals surface area contributed by atoms with Gasteiger partial charge in [0.25, 0.3) is 0 Å². The molecule has 0 saturated heterocycles. The number of nitrogens with zero attached hydrogens (tertiary/aromatic N) is 1. The molecule has 0 spiro atoms. The molecule has 0 aliphatic heterocycles. The third-order valence-corrected chi connectivity index (χ3v) is 2.02. The molecule has 0 unspecified atom stereocenters. The van der Waals surface area contributed by atoms with E-state index in [1.165, 1.54) is 0 Å². The maximum Gasteiger partial charge on any atom is 0.141 e. The molecule has 0 aromatic carbocycles. The average Bonchev–Trinajstić information content (AvgIpc) is 2.42. The van der Waals surface area contributed by atoms with Crippen molar-refractivity contribution in [2.75, 3.05) is 6.54 Å². The van der Waals surface area contributed by atoms with Gasteiger partial charge in [-0.2, -0.15) is 0 Å². The molecule has 0 amide bonds. The zero-order chi connectivity index (χ0) is 10.6. The molecule has 0 saturated carbocycles. The first-order valence-corrected chi connectivity index (χ1v) is 4.94. The molecule has 1 aromatic heterocycles.